The van der Waals surface area contributed by atoms with Gasteiger partial charge in [0, 0.05) is 6.54 Å². The largest absolute Gasteiger partial charge is 0.362 e. The molecule has 2 aliphatic rings. The molecule has 0 aromatic carbocycles. The molecule has 0 radical (unpaired) electrons. The molecule has 4 nitrogen and oxygen atoms in total. The average molecular weight is 219 g/mol. The highest BCUT2D eigenvalue weighted by atomic mass is 32.2. The van der Waals surface area contributed by atoms with Gasteiger partial charge in [0.05, 0.1) is 12.4 Å². The zero-order chi connectivity index (χ0) is 10.2. The lowest BCUT2D eigenvalue weighted by atomic mass is 10.1. The van der Waals surface area contributed by atoms with Crippen LogP contribution in [0, 0.1) is 5.92 Å². The predicted molar refractivity (Wildman–Crippen MR) is 53.7 cm³/mol. The monoisotopic (exact) mass is 219 g/mol. The molecule has 2 fully saturated rings. The molecule has 0 aliphatic carbocycles. The van der Waals surface area contributed by atoms with E-state index in [1.807, 2.05) is 0 Å². The average Bonchev–Trinajstić information content (AvgIpc) is 2.47. The molecule has 1 N–H and O–H groups in total. The Morgan fingerprint density at radius 3 is 2.71 bits per heavy atom. The van der Waals surface area contributed by atoms with Gasteiger partial charge in [0.25, 0.3) is 0 Å². The van der Waals surface area contributed by atoms with Crippen molar-refractivity contribution in [3.05, 3.63) is 0 Å². The fourth-order valence-corrected chi connectivity index (χ4v) is 4.05. The van der Waals surface area contributed by atoms with Crippen molar-refractivity contribution < 1.29 is 13.2 Å². The molecule has 14 heavy (non-hydrogen) atoms. The van der Waals surface area contributed by atoms with Crippen molar-refractivity contribution >= 4 is 9.84 Å². The van der Waals surface area contributed by atoms with Crippen molar-refractivity contribution in [2.75, 3.05) is 18.9 Å². The van der Waals surface area contributed by atoms with Gasteiger partial charge in [-0.1, -0.05) is 6.92 Å². The van der Waals surface area contributed by atoms with E-state index >= 15 is 0 Å². The van der Waals surface area contributed by atoms with Crippen LogP contribution in [0.25, 0.3) is 0 Å². The molecule has 0 bridgehead atoms. The maximum atomic E-state index is 11.6. The second kappa shape index (κ2) is 3.79. The molecule has 0 saturated carbocycles. The van der Waals surface area contributed by atoms with Crippen LogP contribution in [-0.2, 0) is 14.6 Å². The Hall–Kier alpha value is -0.130. The van der Waals surface area contributed by atoms with E-state index < -0.39 is 9.84 Å². The number of nitrogens with one attached hydrogen (secondary N) is 1. The highest BCUT2D eigenvalue weighted by Crippen LogP contribution is 2.25. The van der Waals surface area contributed by atoms with Crippen LogP contribution in [0.4, 0.5) is 0 Å². The summed E-state index contributed by atoms with van der Waals surface area (Å²) in [6.07, 6.45) is 1.26. The van der Waals surface area contributed by atoms with Gasteiger partial charge >= 0.3 is 0 Å². The molecule has 82 valence electrons. The van der Waals surface area contributed by atoms with Crippen LogP contribution in [0.15, 0.2) is 0 Å². The summed E-state index contributed by atoms with van der Waals surface area (Å²) < 4.78 is 28.8. The Morgan fingerprint density at radius 1 is 1.43 bits per heavy atom. The fourth-order valence-electron chi connectivity index (χ4n) is 2.10. The summed E-state index contributed by atoms with van der Waals surface area (Å²) in [5.41, 5.74) is 0. The Bertz CT molecular complexity index is 293. The maximum Gasteiger partial charge on any atom is 0.157 e. The van der Waals surface area contributed by atoms with Gasteiger partial charge < -0.3 is 4.74 Å². The first-order valence-electron chi connectivity index (χ1n) is 5.16. The number of sulfone groups is 1. The highest BCUT2D eigenvalue weighted by Gasteiger charge is 2.39. The van der Waals surface area contributed by atoms with Crippen LogP contribution in [0.3, 0.4) is 0 Å². The Morgan fingerprint density at radius 2 is 2.21 bits per heavy atom. The standard InChI is InChI=1S/C9H17NO3S/c1-7-5-10-9(13-6-7)8-3-2-4-14(8,11)12/h7-10H,2-6H2,1H3. The second-order valence-electron chi connectivity index (χ2n) is 4.32. The summed E-state index contributed by atoms with van der Waals surface area (Å²) in [5.74, 6) is 0.810. The molecular formula is C9H17NO3S. The fraction of sp³-hybridized carbons (Fsp3) is 1.00. The molecule has 2 saturated heterocycles. The minimum absolute atomic E-state index is 0.265. The minimum atomic E-state index is -2.89. The van der Waals surface area contributed by atoms with Crippen molar-refractivity contribution in [2.24, 2.45) is 5.92 Å². The van der Waals surface area contributed by atoms with Crippen molar-refractivity contribution in [3.8, 4) is 0 Å². The van der Waals surface area contributed by atoms with Crippen molar-refractivity contribution in [1.29, 1.82) is 0 Å². The molecule has 2 aliphatic heterocycles. The normalized spacial score (nSPS) is 42.5. The lowest BCUT2D eigenvalue weighted by Gasteiger charge is -2.31. The van der Waals surface area contributed by atoms with Crippen molar-refractivity contribution in [2.45, 2.75) is 31.2 Å². The summed E-state index contributed by atoms with van der Waals surface area (Å²) in [4.78, 5) is 0. The third-order valence-electron chi connectivity index (χ3n) is 2.94. The van der Waals surface area contributed by atoms with E-state index in [4.69, 9.17) is 4.74 Å². The van der Waals surface area contributed by atoms with Crippen molar-refractivity contribution in [3.63, 3.8) is 0 Å². The molecule has 0 spiro atoms. The molecular weight excluding hydrogens is 202 g/mol. The van der Waals surface area contributed by atoms with Crippen LogP contribution < -0.4 is 5.32 Å². The highest BCUT2D eigenvalue weighted by molar-refractivity contribution is 7.92. The van der Waals surface area contributed by atoms with E-state index in [-0.39, 0.29) is 11.5 Å². The third kappa shape index (κ3) is 1.94. The summed E-state index contributed by atoms with van der Waals surface area (Å²) in [6, 6.07) is 0. The zero-order valence-electron chi connectivity index (χ0n) is 8.40. The van der Waals surface area contributed by atoms with Crippen molar-refractivity contribution in [1.82, 2.24) is 5.32 Å². The lowest BCUT2D eigenvalue weighted by Crippen LogP contribution is -2.50. The van der Waals surface area contributed by atoms with Gasteiger partial charge in [-0.3, -0.25) is 5.32 Å². The van der Waals surface area contributed by atoms with E-state index in [2.05, 4.69) is 12.2 Å². The minimum Gasteiger partial charge on any atom is -0.362 e. The Kier molecular flexibility index (Phi) is 2.81. The van der Waals surface area contributed by atoms with Gasteiger partial charge in [-0.25, -0.2) is 8.42 Å². The van der Waals surface area contributed by atoms with Crippen LogP contribution in [0.2, 0.25) is 0 Å². The Labute approximate surface area is 84.9 Å². The molecule has 2 heterocycles. The van der Waals surface area contributed by atoms with E-state index in [0.29, 0.717) is 18.3 Å². The van der Waals surface area contributed by atoms with Crippen LogP contribution in [0.5, 0.6) is 0 Å². The van der Waals surface area contributed by atoms with Gasteiger partial charge in [0.15, 0.2) is 9.84 Å². The van der Waals surface area contributed by atoms with E-state index in [1.54, 1.807) is 0 Å². The van der Waals surface area contributed by atoms with Gasteiger partial charge in [-0.15, -0.1) is 0 Å². The van der Waals surface area contributed by atoms with Crippen LogP contribution in [-0.4, -0.2) is 38.8 Å². The summed E-state index contributed by atoms with van der Waals surface area (Å²) in [5, 5.41) is 2.85. The van der Waals surface area contributed by atoms with E-state index in [9.17, 15) is 8.42 Å². The summed E-state index contributed by atoms with van der Waals surface area (Å²) in [6.45, 7) is 3.62. The van der Waals surface area contributed by atoms with Gasteiger partial charge in [0.2, 0.25) is 0 Å². The van der Waals surface area contributed by atoms with Crippen LogP contribution >= 0.6 is 0 Å². The molecule has 2 rings (SSSR count). The predicted octanol–water partition coefficient (Wildman–Crippen LogP) is 0.146. The number of rotatable bonds is 1. The zero-order valence-corrected chi connectivity index (χ0v) is 9.22. The third-order valence-corrected chi connectivity index (χ3v) is 5.21. The van der Waals surface area contributed by atoms with E-state index in [0.717, 1.165) is 19.4 Å². The summed E-state index contributed by atoms with van der Waals surface area (Å²) >= 11 is 0. The SMILES string of the molecule is CC1CNC(C2CCCS2(=O)=O)OC1. The summed E-state index contributed by atoms with van der Waals surface area (Å²) in [7, 11) is -2.89. The first kappa shape index (κ1) is 10.4. The smallest absolute Gasteiger partial charge is 0.157 e. The van der Waals surface area contributed by atoms with Gasteiger partial charge in [0.1, 0.15) is 11.5 Å². The van der Waals surface area contributed by atoms with E-state index in [1.165, 1.54) is 0 Å². The lowest BCUT2D eigenvalue weighted by molar-refractivity contribution is -0.0253. The quantitative estimate of drug-likeness (QED) is 0.682. The number of hydrogen-bond donors (Lipinski definition) is 1. The molecule has 5 heteroatoms. The van der Waals surface area contributed by atoms with Gasteiger partial charge in [-0.2, -0.15) is 0 Å². The molecule has 3 unspecified atom stereocenters. The first-order chi connectivity index (χ1) is 6.59. The van der Waals surface area contributed by atoms with Gasteiger partial charge in [-0.05, 0) is 18.8 Å². The Balaban J connectivity index is 2.02. The topological polar surface area (TPSA) is 55.4 Å². The molecule has 0 aromatic heterocycles. The molecule has 0 amide bonds. The first-order valence-corrected chi connectivity index (χ1v) is 6.88. The van der Waals surface area contributed by atoms with Crippen LogP contribution in [0.1, 0.15) is 19.8 Å². The molecule has 0 aromatic rings. The maximum absolute atomic E-state index is 11.6. The number of ether oxygens (including phenoxy) is 1. The second-order valence-corrected chi connectivity index (χ2v) is 6.65. The number of hydrogen-bond acceptors (Lipinski definition) is 4. The molecule has 3 atom stereocenters.